The third-order valence-electron chi connectivity index (χ3n) is 5.80. The van der Waals surface area contributed by atoms with Crippen LogP contribution in [0.3, 0.4) is 0 Å². The Morgan fingerprint density at radius 1 is 1.25 bits per heavy atom. The summed E-state index contributed by atoms with van der Waals surface area (Å²) in [6, 6.07) is 10.2. The van der Waals surface area contributed by atoms with E-state index >= 15 is 0 Å². The van der Waals surface area contributed by atoms with Gasteiger partial charge in [0.15, 0.2) is 0 Å². The fraction of sp³-hybridized carbons (Fsp3) is 0.588. The molecule has 2 aliphatic rings. The number of carbonyl (C=O) groups is 1. The molecule has 3 heteroatoms. The first-order valence-electron chi connectivity index (χ1n) is 7.28. The molecule has 0 radical (unpaired) electrons. The normalized spacial score (nSPS) is 36.5. The Balaban J connectivity index is 1.95. The molecule has 2 nitrogen and oxygen atoms in total. The number of cyclic esters (lactones) is 1. The molecule has 0 unspecified atom stereocenters. The molecule has 1 aliphatic heterocycles. The number of hydrogen-bond acceptors (Lipinski definition) is 2. The van der Waals surface area contributed by atoms with E-state index < -0.39 is 0 Å². The second-order valence-electron chi connectivity index (χ2n) is 6.88. The molecular weight excluding hydrogens is 316 g/mol. The lowest BCUT2D eigenvalue weighted by atomic mass is 9.62. The van der Waals surface area contributed by atoms with Gasteiger partial charge in [-0.05, 0) is 30.7 Å². The van der Waals surface area contributed by atoms with Gasteiger partial charge in [-0.2, -0.15) is 0 Å². The summed E-state index contributed by atoms with van der Waals surface area (Å²) in [5.74, 6) is 0.386. The van der Waals surface area contributed by atoms with Crippen molar-refractivity contribution in [1.29, 1.82) is 0 Å². The summed E-state index contributed by atoms with van der Waals surface area (Å²) in [6.07, 6.45) is 1.93. The van der Waals surface area contributed by atoms with Crippen molar-refractivity contribution in [3.05, 3.63) is 35.9 Å². The van der Waals surface area contributed by atoms with Crippen LogP contribution in [0.25, 0.3) is 0 Å². The lowest BCUT2D eigenvalue weighted by molar-refractivity contribution is -0.186. The number of benzene rings is 1. The van der Waals surface area contributed by atoms with Crippen LogP contribution in [0.4, 0.5) is 0 Å². The Bertz CT molecular complexity index is 525. The van der Waals surface area contributed by atoms with E-state index in [0.29, 0.717) is 5.92 Å². The zero-order valence-electron chi connectivity index (χ0n) is 12.2. The second-order valence-corrected chi connectivity index (χ2v) is 7.87. The maximum atomic E-state index is 12.5. The minimum absolute atomic E-state index is 0.00615. The second kappa shape index (κ2) is 4.59. The van der Waals surface area contributed by atoms with Gasteiger partial charge >= 0.3 is 5.97 Å². The standard InChI is InChI=1S/C17H21BrO2/c1-16(2)12-9-10-17(16,3)15(19)20-14(12)13(18)11-7-5-4-6-8-11/h4-8,12-14H,9-10H2,1-3H3/t12-,13-,14+,17+/m0/s1. The quantitative estimate of drug-likeness (QED) is 0.587. The summed E-state index contributed by atoms with van der Waals surface area (Å²) in [7, 11) is 0. The van der Waals surface area contributed by atoms with Crippen LogP contribution in [-0.4, -0.2) is 12.1 Å². The van der Waals surface area contributed by atoms with Crippen molar-refractivity contribution < 1.29 is 9.53 Å². The van der Waals surface area contributed by atoms with Gasteiger partial charge in [0.05, 0.1) is 10.2 Å². The lowest BCUT2D eigenvalue weighted by Gasteiger charge is -2.48. The molecule has 2 bridgehead atoms. The van der Waals surface area contributed by atoms with Crippen LogP contribution < -0.4 is 0 Å². The van der Waals surface area contributed by atoms with E-state index in [-0.39, 0.29) is 27.7 Å². The fourth-order valence-corrected chi connectivity index (χ4v) is 4.68. The van der Waals surface area contributed by atoms with Crippen molar-refractivity contribution in [2.75, 3.05) is 0 Å². The molecule has 1 aliphatic carbocycles. The zero-order chi connectivity index (χ0) is 14.5. The van der Waals surface area contributed by atoms with Crippen molar-refractivity contribution >= 4 is 21.9 Å². The summed E-state index contributed by atoms with van der Waals surface area (Å²) in [6.45, 7) is 6.52. The van der Waals surface area contributed by atoms with Crippen molar-refractivity contribution in [3.63, 3.8) is 0 Å². The highest BCUT2D eigenvalue weighted by Gasteiger charge is 2.64. The number of carbonyl (C=O) groups excluding carboxylic acids is 1. The zero-order valence-corrected chi connectivity index (χ0v) is 13.8. The average Bonchev–Trinajstić information content (AvgIpc) is 2.58. The topological polar surface area (TPSA) is 26.3 Å². The molecule has 0 spiro atoms. The monoisotopic (exact) mass is 336 g/mol. The molecule has 1 heterocycles. The highest BCUT2D eigenvalue weighted by atomic mass is 79.9. The van der Waals surface area contributed by atoms with Gasteiger partial charge in [-0.25, -0.2) is 0 Å². The lowest BCUT2D eigenvalue weighted by Crippen LogP contribution is -2.52. The molecular formula is C17H21BrO2. The number of hydrogen-bond donors (Lipinski definition) is 0. The average molecular weight is 337 g/mol. The highest BCUT2D eigenvalue weighted by Crippen LogP contribution is 2.62. The maximum absolute atomic E-state index is 12.5. The molecule has 1 saturated heterocycles. The molecule has 2 fully saturated rings. The van der Waals surface area contributed by atoms with Crippen LogP contribution in [0.5, 0.6) is 0 Å². The third kappa shape index (κ3) is 1.78. The Labute approximate surface area is 129 Å². The molecule has 4 atom stereocenters. The van der Waals surface area contributed by atoms with Crippen molar-refractivity contribution in [1.82, 2.24) is 0 Å². The summed E-state index contributed by atoms with van der Waals surface area (Å²) in [5, 5.41) is 0. The van der Waals surface area contributed by atoms with Crippen LogP contribution >= 0.6 is 15.9 Å². The van der Waals surface area contributed by atoms with E-state index in [9.17, 15) is 4.79 Å². The number of fused-ring (bicyclic) bond motifs is 2. The summed E-state index contributed by atoms with van der Waals surface area (Å²) >= 11 is 3.77. The van der Waals surface area contributed by atoms with Crippen LogP contribution in [0.2, 0.25) is 0 Å². The van der Waals surface area contributed by atoms with Crippen molar-refractivity contribution in [3.8, 4) is 0 Å². The van der Waals surface area contributed by atoms with Gasteiger partial charge in [0.25, 0.3) is 0 Å². The van der Waals surface area contributed by atoms with Gasteiger partial charge in [0.1, 0.15) is 6.10 Å². The predicted octanol–water partition coefficient (Wildman–Crippen LogP) is 4.49. The molecule has 20 heavy (non-hydrogen) atoms. The van der Waals surface area contributed by atoms with Crippen LogP contribution in [0.15, 0.2) is 30.3 Å². The molecule has 0 aromatic heterocycles. The molecule has 1 aromatic rings. The van der Waals surface area contributed by atoms with E-state index in [0.717, 1.165) is 12.8 Å². The van der Waals surface area contributed by atoms with E-state index in [1.54, 1.807) is 0 Å². The maximum Gasteiger partial charge on any atom is 0.312 e. The van der Waals surface area contributed by atoms with E-state index in [4.69, 9.17) is 4.74 Å². The number of alkyl halides is 1. The fourth-order valence-electron chi connectivity index (χ4n) is 3.90. The third-order valence-corrected chi connectivity index (χ3v) is 6.85. The van der Waals surface area contributed by atoms with E-state index in [1.807, 2.05) is 18.2 Å². The van der Waals surface area contributed by atoms with Crippen molar-refractivity contribution in [2.45, 2.75) is 44.5 Å². The smallest absolute Gasteiger partial charge is 0.312 e. The van der Waals surface area contributed by atoms with Gasteiger partial charge in [-0.3, -0.25) is 4.79 Å². The SMILES string of the molecule is CC1(C)[C@H]2CC[C@]1(C)C(=O)O[C@H]2[C@@H](Br)c1ccccc1. The highest BCUT2D eigenvalue weighted by molar-refractivity contribution is 9.09. The molecule has 108 valence electrons. The minimum atomic E-state index is -0.322. The predicted molar refractivity (Wildman–Crippen MR) is 82.6 cm³/mol. The Hall–Kier alpha value is -0.830. The van der Waals surface area contributed by atoms with Crippen LogP contribution in [0, 0.1) is 16.7 Å². The van der Waals surface area contributed by atoms with Crippen LogP contribution in [0.1, 0.15) is 44.0 Å². The van der Waals surface area contributed by atoms with Gasteiger partial charge in [-0.15, -0.1) is 0 Å². The van der Waals surface area contributed by atoms with E-state index in [1.165, 1.54) is 5.56 Å². The minimum Gasteiger partial charge on any atom is -0.460 e. The first kappa shape index (κ1) is 14.1. The number of rotatable bonds is 2. The number of halogens is 1. The molecule has 0 amide bonds. The molecule has 3 rings (SSSR count). The van der Waals surface area contributed by atoms with E-state index in [2.05, 4.69) is 48.8 Å². The first-order chi connectivity index (χ1) is 9.38. The largest absolute Gasteiger partial charge is 0.460 e. The van der Waals surface area contributed by atoms with Crippen molar-refractivity contribution in [2.24, 2.45) is 16.7 Å². The summed E-state index contributed by atoms with van der Waals surface area (Å²) < 4.78 is 5.84. The summed E-state index contributed by atoms with van der Waals surface area (Å²) in [5.41, 5.74) is 0.849. The first-order valence-corrected chi connectivity index (χ1v) is 8.19. The molecule has 0 N–H and O–H groups in total. The van der Waals surface area contributed by atoms with Crippen LogP contribution in [-0.2, 0) is 9.53 Å². The number of ether oxygens (including phenoxy) is 1. The summed E-state index contributed by atoms with van der Waals surface area (Å²) in [4.78, 5) is 12.6. The van der Waals surface area contributed by atoms with Gasteiger partial charge in [-0.1, -0.05) is 60.1 Å². The Morgan fingerprint density at radius 3 is 2.55 bits per heavy atom. The molecule has 1 aromatic carbocycles. The van der Waals surface area contributed by atoms with Gasteiger partial charge < -0.3 is 4.74 Å². The van der Waals surface area contributed by atoms with Gasteiger partial charge in [0, 0.05) is 5.92 Å². The number of esters is 1. The molecule has 1 saturated carbocycles. The van der Waals surface area contributed by atoms with Gasteiger partial charge in [0.2, 0.25) is 0 Å². The Kier molecular flexibility index (Phi) is 3.24. The Morgan fingerprint density at radius 2 is 1.90 bits per heavy atom.